The highest BCUT2D eigenvalue weighted by molar-refractivity contribution is 9.10. The van der Waals surface area contributed by atoms with Crippen molar-refractivity contribution in [3.05, 3.63) is 27.2 Å². The highest BCUT2D eigenvalue weighted by Gasteiger charge is 2.38. The number of aryl methyl sites for hydroxylation is 1. The summed E-state index contributed by atoms with van der Waals surface area (Å²) >= 11 is 3.67. The third kappa shape index (κ3) is 2.90. The molecule has 1 amide bonds. The number of amides is 1. The minimum absolute atomic E-state index is 0.121. The van der Waals surface area contributed by atoms with E-state index in [4.69, 9.17) is 4.74 Å². The van der Waals surface area contributed by atoms with Gasteiger partial charge in [-0.1, -0.05) is 6.92 Å². The van der Waals surface area contributed by atoms with Crippen LogP contribution in [0.15, 0.2) is 10.5 Å². The van der Waals surface area contributed by atoms with E-state index in [9.17, 15) is 4.79 Å². The molecule has 0 saturated carbocycles. The topological polar surface area (TPSA) is 38.3 Å². The van der Waals surface area contributed by atoms with Gasteiger partial charge in [0.15, 0.2) is 0 Å². The quantitative estimate of drug-likeness (QED) is 0.871. The summed E-state index contributed by atoms with van der Waals surface area (Å²) in [6.07, 6.45) is 4.87. The fourth-order valence-corrected chi connectivity index (χ4v) is 4.37. The lowest BCUT2D eigenvalue weighted by molar-refractivity contribution is -0.120. The maximum absolute atomic E-state index is 11.4. The minimum Gasteiger partial charge on any atom is -0.486 e. The van der Waals surface area contributed by atoms with Crippen molar-refractivity contribution in [3.8, 4) is 5.75 Å². The molecule has 3 nitrogen and oxygen atoms in total. The molecule has 2 aliphatic rings. The lowest BCUT2D eigenvalue weighted by atomic mass is 9.89. The van der Waals surface area contributed by atoms with Gasteiger partial charge < -0.3 is 10.1 Å². The van der Waals surface area contributed by atoms with Crippen LogP contribution >= 0.6 is 15.9 Å². The summed E-state index contributed by atoms with van der Waals surface area (Å²) in [6.45, 7) is 6.96. The van der Waals surface area contributed by atoms with Gasteiger partial charge in [-0.2, -0.15) is 0 Å². The smallest absolute Gasteiger partial charge is 0.219 e. The van der Waals surface area contributed by atoms with Crippen molar-refractivity contribution in [2.45, 2.75) is 64.4 Å². The highest BCUT2D eigenvalue weighted by Crippen LogP contribution is 2.49. The van der Waals surface area contributed by atoms with Crippen molar-refractivity contribution in [1.82, 2.24) is 5.32 Å². The van der Waals surface area contributed by atoms with Crippen LogP contribution in [0.1, 0.15) is 62.6 Å². The van der Waals surface area contributed by atoms with Crippen LogP contribution in [-0.4, -0.2) is 18.1 Å². The number of nitrogens with one attached hydrogen (secondary N) is 1. The molecule has 1 aromatic rings. The van der Waals surface area contributed by atoms with Crippen LogP contribution in [0.25, 0.3) is 0 Å². The molecule has 1 aromatic carbocycles. The Hall–Kier alpha value is -1.03. The standard InChI is InChI=1S/C18H24BrNO2/c1-4-15(21)20-8-7-11-5-6-12-9-14(19)17-13(16(11)12)10-18(2,3)22-17/h9,11H,4-8,10H2,1-3H3,(H,20,21). The predicted octanol–water partition coefficient (Wildman–Crippen LogP) is 4.11. The number of benzene rings is 1. The number of hydrogen-bond acceptors (Lipinski definition) is 2. The van der Waals surface area contributed by atoms with Crippen LogP contribution in [0, 0.1) is 0 Å². The molecule has 120 valence electrons. The second-order valence-electron chi connectivity index (χ2n) is 7.01. The van der Waals surface area contributed by atoms with Crippen LogP contribution in [0.2, 0.25) is 0 Å². The Morgan fingerprint density at radius 2 is 2.27 bits per heavy atom. The molecule has 0 saturated heterocycles. The Bertz CT molecular complexity index is 610. The molecule has 1 N–H and O–H groups in total. The average molecular weight is 366 g/mol. The van der Waals surface area contributed by atoms with Crippen molar-refractivity contribution in [3.63, 3.8) is 0 Å². The van der Waals surface area contributed by atoms with E-state index in [2.05, 4.69) is 41.2 Å². The van der Waals surface area contributed by atoms with Crippen molar-refractivity contribution in [2.75, 3.05) is 6.54 Å². The molecule has 1 unspecified atom stereocenters. The van der Waals surface area contributed by atoms with Gasteiger partial charge in [-0.3, -0.25) is 4.79 Å². The van der Waals surface area contributed by atoms with Crippen LogP contribution in [0.5, 0.6) is 5.75 Å². The number of carbonyl (C=O) groups is 1. The Kier molecular flexibility index (Phi) is 4.23. The number of ether oxygens (including phenoxy) is 1. The molecule has 1 aliphatic carbocycles. The highest BCUT2D eigenvalue weighted by atomic mass is 79.9. The third-order valence-electron chi connectivity index (χ3n) is 4.75. The fraction of sp³-hybridized carbons (Fsp3) is 0.611. The first-order valence-corrected chi connectivity index (χ1v) is 9.00. The first-order chi connectivity index (χ1) is 10.4. The van der Waals surface area contributed by atoms with E-state index in [1.807, 2.05) is 6.92 Å². The second-order valence-corrected chi connectivity index (χ2v) is 7.86. The third-order valence-corrected chi connectivity index (χ3v) is 5.34. The normalized spacial score (nSPS) is 21.2. The van der Waals surface area contributed by atoms with Gasteiger partial charge in [0.05, 0.1) is 4.47 Å². The average Bonchev–Trinajstić information content (AvgIpc) is 2.99. The number of rotatable bonds is 4. The summed E-state index contributed by atoms with van der Waals surface area (Å²) in [6, 6.07) is 2.24. The zero-order valence-electron chi connectivity index (χ0n) is 13.6. The van der Waals surface area contributed by atoms with E-state index in [1.165, 1.54) is 23.1 Å². The summed E-state index contributed by atoms with van der Waals surface area (Å²) in [7, 11) is 0. The van der Waals surface area contributed by atoms with Crippen LogP contribution < -0.4 is 10.1 Å². The van der Waals surface area contributed by atoms with Gasteiger partial charge in [0.2, 0.25) is 5.91 Å². The number of carbonyl (C=O) groups excluding carboxylic acids is 1. The molecule has 1 aliphatic heterocycles. The second kappa shape index (κ2) is 5.88. The molecule has 0 spiro atoms. The van der Waals surface area contributed by atoms with E-state index in [0.29, 0.717) is 12.3 Å². The maximum atomic E-state index is 11.4. The number of fused-ring (bicyclic) bond motifs is 3. The van der Waals surface area contributed by atoms with E-state index < -0.39 is 0 Å². The molecule has 0 bridgehead atoms. The first kappa shape index (κ1) is 15.9. The monoisotopic (exact) mass is 365 g/mol. The van der Waals surface area contributed by atoms with Gasteiger partial charge in [0.1, 0.15) is 11.4 Å². The molecule has 0 fully saturated rings. The van der Waals surface area contributed by atoms with E-state index >= 15 is 0 Å². The molecule has 0 aromatic heterocycles. The van der Waals surface area contributed by atoms with E-state index in [1.54, 1.807) is 0 Å². The van der Waals surface area contributed by atoms with Crippen molar-refractivity contribution in [2.24, 2.45) is 0 Å². The van der Waals surface area contributed by atoms with Gasteiger partial charge in [-0.05, 0) is 72.2 Å². The van der Waals surface area contributed by atoms with Crippen LogP contribution in [-0.2, 0) is 17.6 Å². The summed E-state index contributed by atoms with van der Waals surface area (Å²) in [5, 5.41) is 3.01. The fourth-order valence-electron chi connectivity index (χ4n) is 3.77. The zero-order valence-corrected chi connectivity index (χ0v) is 15.2. The van der Waals surface area contributed by atoms with Crippen molar-refractivity contribution in [1.29, 1.82) is 0 Å². The summed E-state index contributed by atoms with van der Waals surface area (Å²) < 4.78 is 7.23. The maximum Gasteiger partial charge on any atom is 0.219 e. The molecule has 1 atom stereocenters. The van der Waals surface area contributed by atoms with Gasteiger partial charge in [-0.25, -0.2) is 0 Å². The van der Waals surface area contributed by atoms with Gasteiger partial charge >= 0.3 is 0 Å². The lowest BCUT2D eigenvalue weighted by Gasteiger charge is -2.17. The first-order valence-electron chi connectivity index (χ1n) is 8.21. The van der Waals surface area contributed by atoms with Crippen LogP contribution in [0.4, 0.5) is 0 Å². The Labute approximate surface area is 140 Å². The Morgan fingerprint density at radius 1 is 1.50 bits per heavy atom. The predicted molar refractivity (Wildman–Crippen MR) is 91.5 cm³/mol. The molecule has 0 radical (unpaired) electrons. The number of halogens is 1. The van der Waals surface area contributed by atoms with Crippen molar-refractivity contribution >= 4 is 21.8 Å². The van der Waals surface area contributed by atoms with Crippen molar-refractivity contribution < 1.29 is 9.53 Å². The van der Waals surface area contributed by atoms with E-state index in [-0.39, 0.29) is 11.5 Å². The summed E-state index contributed by atoms with van der Waals surface area (Å²) in [4.78, 5) is 11.4. The lowest BCUT2D eigenvalue weighted by Crippen LogP contribution is -2.25. The Morgan fingerprint density at radius 3 is 3.00 bits per heavy atom. The number of hydrogen-bond donors (Lipinski definition) is 1. The van der Waals surface area contributed by atoms with Gasteiger partial charge in [0.25, 0.3) is 0 Å². The molecule has 3 rings (SSSR count). The molecular weight excluding hydrogens is 342 g/mol. The molecule has 1 heterocycles. The largest absolute Gasteiger partial charge is 0.486 e. The van der Waals surface area contributed by atoms with Crippen LogP contribution in [0.3, 0.4) is 0 Å². The molecule has 4 heteroatoms. The summed E-state index contributed by atoms with van der Waals surface area (Å²) in [5.41, 5.74) is 4.22. The van der Waals surface area contributed by atoms with Gasteiger partial charge in [-0.15, -0.1) is 0 Å². The Balaban J connectivity index is 1.82. The summed E-state index contributed by atoms with van der Waals surface area (Å²) in [5.74, 6) is 1.73. The molecular formula is C18H24BrNO2. The van der Waals surface area contributed by atoms with E-state index in [0.717, 1.165) is 36.0 Å². The molecule has 22 heavy (non-hydrogen) atoms. The zero-order chi connectivity index (χ0) is 15.9. The van der Waals surface area contributed by atoms with Gasteiger partial charge in [0, 0.05) is 24.9 Å². The SMILES string of the molecule is CCC(=O)NCCC1CCc2cc(Br)c3c(c21)CC(C)(C)O3. The minimum atomic E-state index is -0.121.